The van der Waals surface area contributed by atoms with E-state index in [0.29, 0.717) is 5.69 Å². The number of nitrogens with one attached hydrogen (secondary N) is 2. The van der Waals surface area contributed by atoms with Crippen LogP contribution >= 0.6 is 7.75 Å². The first kappa shape index (κ1) is 10.9. The lowest BCUT2D eigenvalue weighted by atomic mass is 10.2. The van der Waals surface area contributed by atoms with Crippen molar-refractivity contribution < 1.29 is 14.4 Å². The van der Waals surface area contributed by atoms with Crippen LogP contribution in [-0.4, -0.2) is 9.79 Å². The molecule has 0 atom stereocenters. The molecular weight excluding hydrogens is 203 g/mol. The Morgan fingerprint density at radius 1 is 1.29 bits per heavy atom. The fourth-order valence-corrected chi connectivity index (χ4v) is 1.11. The lowest BCUT2D eigenvalue weighted by molar-refractivity contribution is 0.362. The summed E-state index contributed by atoms with van der Waals surface area (Å²) in [5.74, 6) is 0. The smallest absolute Gasteiger partial charge is 0.312 e. The van der Waals surface area contributed by atoms with E-state index in [2.05, 4.69) is 12.0 Å². The van der Waals surface area contributed by atoms with Gasteiger partial charge in [-0.3, -0.25) is 0 Å². The van der Waals surface area contributed by atoms with Gasteiger partial charge in [-0.1, -0.05) is 24.8 Å². The summed E-state index contributed by atoms with van der Waals surface area (Å²) in [6.45, 7) is 3.59. The topological polar surface area (TPSA) is 81.6 Å². The van der Waals surface area contributed by atoms with Crippen LogP contribution in [0, 0.1) is 0 Å². The lowest BCUT2D eigenvalue weighted by Crippen LogP contribution is -2.17. The van der Waals surface area contributed by atoms with Crippen LogP contribution in [0.5, 0.6) is 0 Å². The van der Waals surface area contributed by atoms with E-state index < -0.39 is 7.75 Å². The van der Waals surface area contributed by atoms with E-state index in [1.807, 2.05) is 5.20 Å². The molecule has 0 spiro atoms. The fraction of sp³-hybridized carbons (Fsp3) is 0. The van der Waals surface area contributed by atoms with Gasteiger partial charge in [-0.25, -0.2) is 4.57 Å². The maximum atomic E-state index is 10.4. The highest BCUT2D eigenvalue weighted by Gasteiger charge is 2.10. The summed E-state index contributed by atoms with van der Waals surface area (Å²) in [7, 11) is -4.23. The Morgan fingerprint density at radius 3 is 2.29 bits per heavy atom. The number of rotatable bonds is 4. The summed E-state index contributed by atoms with van der Waals surface area (Å²) in [5.41, 5.74) is 3.89. The molecule has 5 nitrogen and oxygen atoms in total. The molecule has 1 aromatic carbocycles. The Kier molecular flexibility index (Phi) is 3.43. The van der Waals surface area contributed by atoms with Gasteiger partial charge < -0.3 is 15.2 Å². The first-order valence-electron chi connectivity index (χ1n) is 3.82. The molecule has 0 radical (unpaired) electrons. The third kappa shape index (κ3) is 3.72. The molecule has 0 aliphatic rings. The molecule has 0 amide bonds. The summed E-state index contributed by atoms with van der Waals surface area (Å²) >= 11 is 0. The van der Waals surface area contributed by atoms with E-state index in [1.165, 1.54) is 0 Å². The van der Waals surface area contributed by atoms with Crippen LogP contribution in [0.2, 0.25) is 0 Å². The number of hydrogen-bond acceptors (Lipinski definition) is 2. The van der Waals surface area contributed by atoms with E-state index >= 15 is 0 Å². The Morgan fingerprint density at radius 2 is 1.86 bits per heavy atom. The molecule has 4 N–H and O–H groups in total. The predicted molar refractivity (Wildman–Crippen MR) is 55.3 cm³/mol. The second kappa shape index (κ2) is 4.39. The Bertz CT molecular complexity index is 357. The number of hydrazine groups is 1. The van der Waals surface area contributed by atoms with Crippen LogP contribution in [0.25, 0.3) is 6.08 Å². The number of hydrogen-bond donors (Lipinski definition) is 4. The van der Waals surface area contributed by atoms with Crippen molar-refractivity contribution in [2.45, 2.75) is 0 Å². The number of anilines is 1. The molecule has 1 rings (SSSR count). The van der Waals surface area contributed by atoms with Gasteiger partial charge in [0.05, 0.1) is 0 Å². The van der Waals surface area contributed by atoms with E-state index in [1.54, 1.807) is 30.3 Å². The molecule has 1 aromatic rings. The zero-order valence-electron chi connectivity index (χ0n) is 7.34. The van der Waals surface area contributed by atoms with Crippen LogP contribution < -0.4 is 10.6 Å². The summed E-state index contributed by atoms with van der Waals surface area (Å²) in [5, 5.41) is 1.87. The highest BCUT2D eigenvalue weighted by atomic mass is 31.2. The third-order valence-corrected chi connectivity index (χ3v) is 1.90. The molecular formula is C8H11N2O3P. The van der Waals surface area contributed by atoms with E-state index in [9.17, 15) is 4.57 Å². The van der Waals surface area contributed by atoms with Gasteiger partial charge in [0.15, 0.2) is 0 Å². The predicted octanol–water partition coefficient (Wildman–Crippen LogP) is 1.34. The summed E-state index contributed by atoms with van der Waals surface area (Å²) < 4.78 is 10.4. The van der Waals surface area contributed by atoms with Crippen molar-refractivity contribution in [1.82, 2.24) is 5.20 Å². The summed E-state index contributed by atoms with van der Waals surface area (Å²) in [4.78, 5) is 17.0. The molecule has 76 valence electrons. The van der Waals surface area contributed by atoms with E-state index in [0.717, 1.165) is 5.56 Å². The van der Waals surface area contributed by atoms with Crippen molar-refractivity contribution in [3.63, 3.8) is 0 Å². The second-order valence-electron chi connectivity index (χ2n) is 2.61. The van der Waals surface area contributed by atoms with Crippen LogP contribution in [-0.2, 0) is 4.57 Å². The van der Waals surface area contributed by atoms with E-state index in [-0.39, 0.29) is 0 Å². The molecule has 0 aliphatic carbocycles. The maximum Gasteiger partial charge on any atom is 0.417 e. The van der Waals surface area contributed by atoms with Gasteiger partial charge in [0.25, 0.3) is 0 Å². The molecule has 0 heterocycles. The van der Waals surface area contributed by atoms with Crippen molar-refractivity contribution in [2.24, 2.45) is 0 Å². The Hall–Kier alpha value is -1.13. The Balaban J connectivity index is 2.60. The monoisotopic (exact) mass is 214 g/mol. The molecule has 0 unspecified atom stereocenters. The highest BCUT2D eigenvalue weighted by Crippen LogP contribution is 2.27. The second-order valence-corrected chi connectivity index (χ2v) is 3.92. The molecule has 0 bridgehead atoms. The quantitative estimate of drug-likeness (QED) is 0.449. The zero-order chi connectivity index (χ0) is 10.6. The van der Waals surface area contributed by atoms with Crippen LogP contribution in [0.15, 0.2) is 30.8 Å². The van der Waals surface area contributed by atoms with Gasteiger partial charge in [0, 0.05) is 5.69 Å². The average Bonchev–Trinajstić information content (AvgIpc) is 2.14. The summed E-state index contributed by atoms with van der Waals surface area (Å²) in [6.07, 6.45) is 1.68. The molecule has 0 saturated carbocycles. The molecule has 0 aliphatic heterocycles. The largest absolute Gasteiger partial charge is 0.417 e. The number of benzene rings is 1. The molecule has 14 heavy (non-hydrogen) atoms. The Labute approximate surface area is 81.6 Å². The zero-order valence-corrected chi connectivity index (χ0v) is 8.24. The molecule has 0 aromatic heterocycles. The van der Waals surface area contributed by atoms with Gasteiger partial charge >= 0.3 is 7.75 Å². The first-order valence-corrected chi connectivity index (χ1v) is 5.44. The van der Waals surface area contributed by atoms with Crippen molar-refractivity contribution in [3.05, 3.63) is 36.4 Å². The fourth-order valence-electron chi connectivity index (χ4n) is 0.840. The SMILES string of the molecule is C=Cc1ccc(NNP(=O)(O)O)cc1. The standard InChI is InChI=1S/C8H11N2O3P/c1-2-7-3-5-8(6-4-7)9-10-14(11,12)13/h2-6,9H,1H2,(H3,10,11,12,13). The molecule has 6 heteroatoms. The van der Waals surface area contributed by atoms with Gasteiger partial charge in [-0.2, -0.15) is 0 Å². The van der Waals surface area contributed by atoms with Crippen molar-refractivity contribution in [2.75, 3.05) is 5.43 Å². The third-order valence-electron chi connectivity index (χ3n) is 1.49. The normalized spacial score (nSPS) is 11.0. The van der Waals surface area contributed by atoms with Gasteiger partial charge in [0.1, 0.15) is 0 Å². The first-order chi connectivity index (χ1) is 6.51. The van der Waals surface area contributed by atoms with Gasteiger partial charge in [-0.05, 0) is 17.7 Å². The van der Waals surface area contributed by atoms with Crippen LogP contribution in [0.1, 0.15) is 5.56 Å². The van der Waals surface area contributed by atoms with Crippen LogP contribution in [0.4, 0.5) is 5.69 Å². The van der Waals surface area contributed by atoms with Crippen molar-refractivity contribution in [3.8, 4) is 0 Å². The maximum absolute atomic E-state index is 10.4. The molecule has 0 saturated heterocycles. The van der Waals surface area contributed by atoms with Crippen LogP contribution in [0.3, 0.4) is 0 Å². The minimum absolute atomic E-state index is 0.568. The van der Waals surface area contributed by atoms with Gasteiger partial charge in [0.2, 0.25) is 0 Å². The van der Waals surface area contributed by atoms with Gasteiger partial charge in [-0.15, -0.1) is 5.20 Å². The lowest BCUT2D eigenvalue weighted by Gasteiger charge is -2.08. The van der Waals surface area contributed by atoms with Crippen molar-refractivity contribution >= 4 is 19.5 Å². The highest BCUT2D eigenvalue weighted by molar-refractivity contribution is 7.49. The minimum atomic E-state index is -4.23. The molecule has 0 fully saturated rings. The van der Waals surface area contributed by atoms with E-state index in [4.69, 9.17) is 9.79 Å². The average molecular weight is 214 g/mol. The van der Waals surface area contributed by atoms with Crippen molar-refractivity contribution in [1.29, 1.82) is 0 Å². The minimum Gasteiger partial charge on any atom is -0.312 e. The summed E-state index contributed by atoms with van der Waals surface area (Å²) in [6, 6.07) is 6.91.